The second kappa shape index (κ2) is 7.78. The minimum absolute atomic E-state index is 0.189. The van der Waals surface area contributed by atoms with Crippen LogP contribution in [0.5, 0.6) is 0 Å². The molecule has 0 atom stereocenters. The number of halogens is 1. The topological polar surface area (TPSA) is 39.1 Å². The fraction of sp³-hybridized carbons (Fsp3) is 0.438. The summed E-state index contributed by atoms with van der Waals surface area (Å²) in [6, 6.07) is 6.82. The zero-order valence-corrected chi connectivity index (χ0v) is 12.6. The molecule has 0 saturated carbocycles. The van der Waals surface area contributed by atoms with Crippen molar-refractivity contribution >= 4 is 5.95 Å². The number of aromatic nitrogens is 2. The van der Waals surface area contributed by atoms with Gasteiger partial charge in [0.05, 0.1) is 12.2 Å². The number of rotatable bonds is 8. The van der Waals surface area contributed by atoms with Crippen LogP contribution in [0.4, 0.5) is 10.3 Å². The number of benzene rings is 1. The van der Waals surface area contributed by atoms with Crippen LogP contribution in [-0.2, 0) is 11.3 Å². The zero-order valence-electron chi connectivity index (χ0n) is 12.6. The molecule has 0 amide bonds. The van der Waals surface area contributed by atoms with Crippen LogP contribution in [0, 0.1) is 12.7 Å². The second-order valence-electron chi connectivity index (χ2n) is 4.90. The van der Waals surface area contributed by atoms with Crippen molar-refractivity contribution in [3.05, 3.63) is 47.5 Å². The number of nitrogens with one attached hydrogen (secondary N) is 1. The summed E-state index contributed by atoms with van der Waals surface area (Å²) in [7, 11) is 0. The molecule has 0 fully saturated rings. The van der Waals surface area contributed by atoms with Crippen LogP contribution in [0.1, 0.15) is 24.6 Å². The van der Waals surface area contributed by atoms with Gasteiger partial charge in [0.1, 0.15) is 5.82 Å². The Labute approximate surface area is 125 Å². The lowest BCUT2D eigenvalue weighted by Crippen LogP contribution is -2.11. The molecule has 0 radical (unpaired) electrons. The molecule has 1 aromatic carbocycles. The molecule has 5 heteroatoms. The highest BCUT2D eigenvalue weighted by atomic mass is 19.1. The average molecular weight is 291 g/mol. The fourth-order valence-corrected chi connectivity index (χ4v) is 2.14. The van der Waals surface area contributed by atoms with Crippen molar-refractivity contribution in [3.8, 4) is 0 Å². The Morgan fingerprint density at radius 3 is 2.90 bits per heavy atom. The third kappa shape index (κ3) is 4.56. The Balaban J connectivity index is 1.98. The predicted octanol–water partition coefficient (Wildman–Crippen LogP) is 3.22. The maximum Gasteiger partial charge on any atom is 0.203 e. The van der Waals surface area contributed by atoms with Crippen LogP contribution in [-0.4, -0.2) is 29.3 Å². The highest BCUT2D eigenvalue weighted by Crippen LogP contribution is 2.14. The van der Waals surface area contributed by atoms with Gasteiger partial charge in [-0.05, 0) is 26.3 Å². The molecule has 2 rings (SSSR count). The molecule has 1 N–H and O–H groups in total. The van der Waals surface area contributed by atoms with Crippen molar-refractivity contribution < 1.29 is 9.13 Å². The van der Waals surface area contributed by atoms with Gasteiger partial charge in [-0.15, -0.1) is 0 Å². The Kier molecular flexibility index (Phi) is 5.75. The molecule has 0 saturated heterocycles. The largest absolute Gasteiger partial charge is 0.382 e. The molecule has 4 nitrogen and oxygen atoms in total. The summed E-state index contributed by atoms with van der Waals surface area (Å²) >= 11 is 0. The fourth-order valence-electron chi connectivity index (χ4n) is 2.14. The number of hydrogen-bond donors (Lipinski definition) is 1. The first kappa shape index (κ1) is 15.5. The van der Waals surface area contributed by atoms with Gasteiger partial charge in [-0.3, -0.25) is 0 Å². The van der Waals surface area contributed by atoms with Crippen LogP contribution < -0.4 is 5.32 Å². The van der Waals surface area contributed by atoms with Gasteiger partial charge in [0.15, 0.2) is 0 Å². The summed E-state index contributed by atoms with van der Waals surface area (Å²) in [5.41, 5.74) is 1.57. The van der Waals surface area contributed by atoms with Gasteiger partial charge in [-0.1, -0.05) is 18.2 Å². The van der Waals surface area contributed by atoms with E-state index in [0.717, 1.165) is 37.8 Å². The first-order valence-corrected chi connectivity index (χ1v) is 7.29. The molecule has 1 aromatic heterocycles. The molecular weight excluding hydrogens is 269 g/mol. The van der Waals surface area contributed by atoms with Crippen LogP contribution in [0.2, 0.25) is 0 Å². The molecule has 0 bridgehead atoms. The lowest BCUT2D eigenvalue weighted by molar-refractivity contribution is 0.147. The summed E-state index contributed by atoms with van der Waals surface area (Å²) in [4.78, 5) is 4.44. The summed E-state index contributed by atoms with van der Waals surface area (Å²) in [6.45, 7) is 6.65. The van der Waals surface area contributed by atoms with Crippen molar-refractivity contribution in [1.29, 1.82) is 0 Å². The monoisotopic (exact) mass is 291 g/mol. The van der Waals surface area contributed by atoms with Crippen LogP contribution >= 0.6 is 0 Å². The van der Waals surface area contributed by atoms with E-state index in [1.54, 1.807) is 12.1 Å². The molecule has 1 heterocycles. The van der Waals surface area contributed by atoms with Crippen LogP contribution in [0.15, 0.2) is 30.5 Å². The number of hydrogen-bond acceptors (Lipinski definition) is 3. The van der Waals surface area contributed by atoms with Gasteiger partial charge in [0, 0.05) is 31.5 Å². The minimum Gasteiger partial charge on any atom is -0.382 e. The number of imidazole rings is 1. The van der Waals surface area contributed by atoms with E-state index in [1.807, 2.05) is 30.7 Å². The molecular formula is C16H22FN3O. The summed E-state index contributed by atoms with van der Waals surface area (Å²) in [5.74, 6) is 0.582. The molecule has 2 aromatic rings. The molecule has 0 aliphatic rings. The summed E-state index contributed by atoms with van der Waals surface area (Å²) in [5, 5.41) is 3.28. The number of aryl methyl sites for hydroxylation is 1. The third-order valence-electron chi connectivity index (χ3n) is 3.15. The van der Waals surface area contributed by atoms with Gasteiger partial charge in [0.25, 0.3) is 0 Å². The molecule has 21 heavy (non-hydrogen) atoms. The average Bonchev–Trinajstić information content (AvgIpc) is 2.81. The number of nitrogens with zero attached hydrogens (tertiary/aromatic N) is 2. The standard InChI is InChI=1S/C16H22FN3O/c1-3-21-10-6-9-18-16-19-13(2)11-20(16)12-14-7-4-5-8-15(14)17/h4-5,7-8,11H,3,6,9-10,12H2,1-2H3,(H,18,19). The van der Waals surface area contributed by atoms with E-state index in [2.05, 4.69) is 10.3 Å². The van der Waals surface area contributed by atoms with E-state index >= 15 is 0 Å². The maximum absolute atomic E-state index is 13.7. The van der Waals surface area contributed by atoms with Gasteiger partial charge in [-0.2, -0.15) is 0 Å². The Hall–Kier alpha value is -1.88. The van der Waals surface area contributed by atoms with Gasteiger partial charge in [0.2, 0.25) is 5.95 Å². The number of anilines is 1. The van der Waals surface area contributed by atoms with E-state index in [4.69, 9.17) is 4.74 Å². The third-order valence-corrected chi connectivity index (χ3v) is 3.15. The van der Waals surface area contributed by atoms with Crippen molar-refractivity contribution in [1.82, 2.24) is 9.55 Å². The Morgan fingerprint density at radius 2 is 2.14 bits per heavy atom. The SMILES string of the molecule is CCOCCCNc1nc(C)cn1Cc1ccccc1F. The van der Waals surface area contributed by atoms with Crippen molar-refractivity contribution in [2.75, 3.05) is 25.1 Å². The van der Waals surface area contributed by atoms with E-state index < -0.39 is 0 Å². The maximum atomic E-state index is 13.7. The van der Waals surface area contributed by atoms with Crippen LogP contribution in [0.3, 0.4) is 0 Å². The molecule has 0 aliphatic carbocycles. The van der Waals surface area contributed by atoms with Gasteiger partial charge >= 0.3 is 0 Å². The van der Waals surface area contributed by atoms with Crippen molar-refractivity contribution in [2.24, 2.45) is 0 Å². The van der Waals surface area contributed by atoms with E-state index in [9.17, 15) is 4.39 Å². The van der Waals surface area contributed by atoms with E-state index in [-0.39, 0.29) is 5.82 Å². The molecule has 0 aliphatic heterocycles. The van der Waals surface area contributed by atoms with Crippen molar-refractivity contribution in [2.45, 2.75) is 26.8 Å². The summed E-state index contributed by atoms with van der Waals surface area (Å²) in [6.07, 6.45) is 2.84. The first-order valence-electron chi connectivity index (χ1n) is 7.29. The lowest BCUT2D eigenvalue weighted by atomic mass is 10.2. The lowest BCUT2D eigenvalue weighted by Gasteiger charge is -2.10. The Morgan fingerprint density at radius 1 is 1.33 bits per heavy atom. The van der Waals surface area contributed by atoms with Crippen molar-refractivity contribution in [3.63, 3.8) is 0 Å². The number of ether oxygens (including phenoxy) is 1. The predicted molar refractivity (Wildman–Crippen MR) is 82.1 cm³/mol. The highest BCUT2D eigenvalue weighted by Gasteiger charge is 2.08. The molecule has 0 unspecified atom stereocenters. The van der Waals surface area contributed by atoms with Gasteiger partial charge in [-0.25, -0.2) is 9.37 Å². The second-order valence-corrected chi connectivity index (χ2v) is 4.90. The van der Waals surface area contributed by atoms with Crippen LogP contribution in [0.25, 0.3) is 0 Å². The Bertz CT molecular complexity index is 568. The molecule has 114 valence electrons. The van der Waals surface area contributed by atoms with Gasteiger partial charge < -0.3 is 14.6 Å². The molecule has 0 spiro atoms. The van der Waals surface area contributed by atoms with E-state index in [1.165, 1.54) is 6.07 Å². The minimum atomic E-state index is -0.189. The highest BCUT2D eigenvalue weighted by molar-refractivity contribution is 5.30. The quantitative estimate of drug-likeness (QED) is 0.759. The smallest absolute Gasteiger partial charge is 0.203 e. The first-order chi connectivity index (χ1) is 10.2. The zero-order chi connectivity index (χ0) is 15.1. The van der Waals surface area contributed by atoms with E-state index in [0.29, 0.717) is 12.1 Å². The summed E-state index contributed by atoms with van der Waals surface area (Å²) < 4.78 is 21.0. The normalized spacial score (nSPS) is 10.8.